The van der Waals surface area contributed by atoms with E-state index in [-0.39, 0.29) is 11.8 Å². The first-order valence-corrected chi connectivity index (χ1v) is 5.42. The molecule has 0 aliphatic carbocycles. The van der Waals surface area contributed by atoms with E-state index in [2.05, 4.69) is 10.3 Å². The Bertz CT molecular complexity index is 566. The number of anilines is 1. The van der Waals surface area contributed by atoms with Gasteiger partial charge in [0.15, 0.2) is 5.58 Å². The first kappa shape index (κ1) is 12.3. The number of nitro benzene ring substituents is 1. The lowest BCUT2D eigenvalue weighted by molar-refractivity contribution is -0.384. The molecule has 1 aromatic carbocycles. The number of benzene rings is 1. The fourth-order valence-corrected chi connectivity index (χ4v) is 1.42. The van der Waals surface area contributed by atoms with E-state index in [9.17, 15) is 10.1 Å². The number of nitrogens with zero attached hydrogens (tertiary/aromatic N) is 2. The second-order valence-electron chi connectivity index (χ2n) is 3.86. The number of nitrogens with one attached hydrogen (secondary N) is 1. The minimum atomic E-state index is -0.470. The molecule has 0 saturated carbocycles. The topological polar surface area (TPSA) is 90.4 Å². The maximum absolute atomic E-state index is 10.6. The highest BCUT2D eigenvalue weighted by Gasteiger charge is 2.11. The number of ether oxygens (including phenoxy) is 1. The lowest BCUT2D eigenvalue weighted by Gasteiger charge is -2.08. The van der Waals surface area contributed by atoms with Crippen molar-refractivity contribution in [3.05, 3.63) is 28.3 Å². The maximum atomic E-state index is 10.6. The first-order valence-electron chi connectivity index (χ1n) is 5.42. The van der Waals surface area contributed by atoms with Crippen LogP contribution in [0.25, 0.3) is 11.1 Å². The number of non-ortho nitro benzene ring substituents is 1. The summed E-state index contributed by atoms with van der Waals surface area (Å²) in [5.41, 5.74) is 0.945. The molecule has 96 valence electrons. The van der Waals surface area contributed by atoms with Crippen molar-refractivity contribution >= 4 is 22.8 Å². The Hall–Kier alpha value is -2.15. The predicted octanol–water partition coefficient (Wildman–Crippen LogP) is 2.18. The van der Waals surface area contributed by atoms with Crippen LogP contribution >= 0.6 is 0 Å². The molecule has 7 nitrogen and oxygen atoms in total. The molecule has 0 spiro atoms. The van der Waals surface area contributed by atoms with Crippen molar-refractivity contribution in [2.75, 3.05) is 19.0 Å². The van der Waals surface area contributed by atoms with E-state index in [0.717, 1.165) is 0 Å². The van der Waals surface area contributed by atoms with E-state index in [1.165, 1.54) is 12.1 Å². The second kappa shape index (κ2) is 5.01. The fourth-order valence-electron chi connectivity index (χ4n) is 1.42. The number of oxazole rings is 1. The zero-order chi connectivity index (χ0) is 13.1. The molecule has 2 aromatic rings. The van der Waals surface area contributed by atoms with Crippen LogP contribution < -0.4 is 5.32 Å². The fraction of sp³-hybridized carbons (Fsp3) is 0.364. The number of fused-ring (bicyclic) bond motifs is 1. The van der Waals surface area contributed by atoms with Crippen molar-refractivity contribution in [1.29, 1.82) is 0 Å². The standard InChI is InChI=1S/C11H13N3O4/c1-7(17-2)6-12-11-13-9-4-3-8(14(15)16)5-10(9)18-11/h3-5,7H,6H2,1-2H3,(H,12,13). The molecule has 1 aromatic heterocycles. The summed E-state index contributed by atoms with van der Waals surface area (Å²) in [6, 6.07) is 4.64. The lowest BCUT2D eigenvalue weighted by Crippen LogP contribution is -2.18. The molecule has 0 aliphatic rings. The Labute approximate surface area is 103 Å². The maximum Gasteiger partial charge on any atom is 0.295 e. The van der Waals surface area contributed by atoms with Crippen molar-refractivity contribution in [3.8, 4) is 0 Å². The average molecular weight is 251 g/mol. The molecule has 18 heavy (non-hydrogen) atoms. The summed E-state index contributed by atoms with van der Waals surface area (Å²) in [7, 11) is 1.61. The Kier molecular flexibility index (Phi) is 3.42. The number of methoxy groups -OCH3 is 1. The predicted molar refractivity (Wildman–Crippen MR) is 65.6 cm³/mol. The molecule has 1 atom stereocenters. The highest BCUT2D eigenvalue weighted by Crippen LogP contribution is 2.23. The molecule has 1 N–H and O–H groups in total. The highest BCUT2D eigenvalue weighted by atomic mass is 16.6. The van der Waals surface area contributed by atoms with E-state index in [0.29, 0.717) is 23.7 Å². The minimum absolute atomic E-state index is 0.0181. The second-order valence-corrected chi connectivity index (χ2v) is 3.86. The Morgan fingerprint density at radius 1 is 1.61 bits per heavy atom. The van der Waals surface area contributed by atoms with Gasteiger partial charge < -0.3 is 14.5 Å². The molecular weight excluding hydrogens is 238 g/mol. The van der Waals surface area contributed by atoms with Crippen LogP contribution in [0.2, 0.25) is 0 Å². The summed E-state index contributed by atoms with van der Waals surface area (Å²) in [5.74, 6) is 0. The van der Waals surface area contributed by atoms with E-state index < -0.39 is 4.92 Å². The van der Waals surface area contributed by atoms with Crippen LogP contribution in [0.1, 0.15) is 6.92 Å². The quantitative estimate of drug-likeness (QED) is 0.647. The highest BCUT2D eigenvalue weighted by molar-refractivity contribution is 5.77. The van der Waals surface area contributed by atoms with Crippen LogP contribution in [0.5, 0.6) is 0 Å². The Balaban J connectivity index is 2.19. The monoisotopic (exact) mass is 251 g/mol. The molecule has 1 unspecified atom stereocenters. The van der Waals surface area contributed by atoms with Crippen LogP contribution in [-0.4, -0.2) is 29.7 Å². The van der Waals surface area contributed by atoms with Gasteiger partial charge in [-0.3, -0.25) is 10.1 Å². The number of aromatic nitrogens is 1. The molecule has 0 fully saturated rings. The van der Waals surface area contributed by atoms with E-state index in [4.69, 9.17) is 9.15 Å². The minimum Gasteiger partial charge on any atom is -0.423 e. The van der Waals surface area contributed by atoms with Crippen LogP contribution in [0.15, 0.2) is 22.6 Å². The van der Waals surface area contributed by atoms with Crippen molar-refractivity contribution in [2.45, 2.75) is 13.0 Å². The normalized spacial score (nSPS) is 12.6. The lowest BCUT2D eigenvalue weighted by atomic mass is 10.3. The largest absolute Gasteiger partial charge is 0.423 e. The van der Waals surface area contributed by atoms with Crippen molar-refractivity contribution in [3.63, 3.8) is 0 Å². The van der Waals surface area contributed by atoms with Gasteiger partial charge >= 0.3 is 0 Å². The summed E-state index contributed by atoms with van der Waals surface area (Å²) < 4.78 is 10.4. The van der Waals surface area contributed by atoms with Gasteiger partial charge in [-0.1, -0.05) is 0 Å². The molecule has 0 saturated heterocycles. The number of rotatable bonds is 5. The van der Waals surface area contributed by atoms with Gasteiger partial charge in [0.25, 0.3) is 11.7 Å². The number of nitro groups is 1. The molecule has 2 rings (SSSR count). The summed E-state index contributed by atoms with van der Waals surface area (Å²) in [6.07, 6.45) is 0.0225. The molecule has 1 heterocycles. The van der Waals surface area contributed by atoms with Crippen LogP contribution in [0.4, 0.5) is 11.7 Å². The molecular formula is C11H13N3O4. The zero-order valence-electron chi connectivity index (χ0n) is 10.0. The number of hydrogen-bond acceptors (Lipinski definition) is 6. The van der Waals surface area contributed by atoms with Crippen molar-refractivity contribution in [2.24, 2.45) is 0 Å². The van der Waals surface area contributed by atoms with Crippen molar-refractivity contribution < 1.29 is 14.1 Å². The van der Waals surface area contributed by atoms with Gasteiger partial charge in [0, 0.05) is 19.7 Å². The third kappa shape index (κ3) is 2.57. The summed E-state index contributed by atoms with van der Waals surface area (Å²) in [4.78, 5) is 14.3. The Morgan fingerprint density at radius 3 is 3.06 bits per heavy atom. The van der Waals surface area contributed by atoms with E-state index >= 15 is 0 Å². The Morgan fingerprint density at radius 2 is 2.39 bits per heavy atom. The summed E-state index contributed by atoms with van der Waals surface area (Å²) >= 11 is 0. The molecule has 0 amide bonds. The van der Waals surface area contributed by atoms with Gasteiger partial charge in [-0.15, -0.1) is 0 Å². The van der Waals surface area contributed by atoms with Gasteiger partial charge in [-0.2, -0.15) is 4.98 Å². The summed E-state index contributed by atoms with van der Waals surface area (Å²) in [6.45, 7) is 2.45. The number of hydrogen-bond donors (Lipinski definition) is 1. The van der Waals surface area contributed by atoms with E-state index in [1.54, 1.807) is 13.2 Å². The van der Waals surface area contributed by atoms with Gasteiger partial charge in [-0.25, -0.2) is 0 Å². The third-order valence-corrected chi connectivity index (χ3v) is 2.53. The van der Waals surface area contributed by atoms with Gasteiger partial charge in [0.1, 0.15) is 5.52 Å². The SMILES string of the molecule is COC(C)CNc1nc2ccc([N+](=O)[O-])cc2o1. The molecule has 0 aliphatic heterocycles. The van der Waals surface area contributed by atoms with Gasteiger partial charge in [0.2, 0.25) is 0 Å². The molecule has 0 radical (unpaired) electrons. The average Bonchev–Trinajstić information content (AvgIpc) is 2.77. The third-order valence-electron chi connectivity index (χ3n) is 2.53. The molecule has 0 bridgehead atoms. The van der Waals surface area contributed by atoms with Gasteiger partial charge in [-0.05, 0) is 13.0 Å². The zero-order valence-corrected chi connectivity index (χ0v) is 10.0. The summed E-state index contributed by atoms with van der Waals surface area (Å²) in [5, 5.41) is 13.6. The van der Waals surface area contributed by atoms with Crippen molar-refractivity contribution in [1.82, 2.24) is 4.98 Å². The molecule has 7 heteroatoms. The smallest absolute Gasteiger partial charge is 0.295 e. The van der Waals surface area contributed by atoms with Gasteiger partial charge in [0.05, 0.1) is 17.1 Å². The first-order chi connectivity index (χ1) is 8.60. The van der Waals surface area contributed by atoms with Crippen LogP contribution in [-0.2, 0) is 4.74 Å². The van der Waals surface area contributed by atoms with E-state index in [1.807, 2.05) is 6.92 Å². The van der Waals surface area contributed by atoms with Crippen LogP contribution in [0.3, 0.4) is 0 Å². The van der Waals surface area contributed by atoms with Crippen LogP contribution in [0, 0.1) is 10.1 Å².